The van der Waals surface area contributed by atoms with Gasteiger partial charge in [0.2, 0.25) is 0 Å². The van der Waals surface area contributed by atoms with Gasteiger partial charge < -0.3 is 9.15 Å². The van der Waals surface area contributed by atoms with E-state index in [0.29, 0.717) is 17.9 Å². The van der Waals surface area contributed by atoms with Crippen LogP contribution in [-0.2, 0) is 9.53 Å². The second-order valence-corrected chi connectivity index (χ2v) is 7.02. The number of carbonyl (C=O) groups is 2. The molecule has 0 aliphatic heterocycles. The van der Waals surface area contributed by atoms with E-state index in [1.807, 2.05) is 0 Å². The fourth-order valence-electron chi connectivity index (χ4n) is 2.73. The molecule has 0 N–H and O–H groups in total. The Morgan fingerprint density at radius 3 is 2.23 bits per heavy atom. The summed E-state index contributed by atoms with van der Waals surface area (Å²) in [5.41, 5.74) is 0. The van der Waals surface area contributed by atoms with E-state index in [2.05, 4.69) is 6.92 Å². The van der Waals surface area contributed by atoms with E-state index in [9.17, 15) is 9.59 Å². The number of Topliss-reactive ketones (excluding diaryl/α,β-unsaturated/α-hetero) is 1. The van der Waals surface area contributed by atoms with Crippen LogP contribution in [-0.4, -0.2) is 17.9 Å². The molecule has 1 heterocycles. The number of hydrogen-bond acceptors (Lipinski definition) is 4. The van der Waals surface area contributed by atoms with Gasteiger partial charge in [0.1, 0.15) is 5.76 Å². The summed E-state index contributed by atoms with van der Waals surface area (Å²) in [7, 11) is 0. The average Bonchev–Trinajstić information content (AvgIpc) is 3.07. The maximum absolute atomic E-state index is 12.1. The van der Waals surface area contributed by atoms with Gasteiger partial charge in [-0.1, -0.05) is 58.3 Å². The molecule has 0 aliphatic rings. The first-order valence-corrected chi connectivity index (χ1v) is 10.0. The standard InChI is InChI=1S/C22H34O4/c1-4-5-6-7-8-9-10-11-12-13-20(23)21-16-14-19(26-21)15-17-22(24)25-18(2)3/h14-18H,4-13H2,1-3H3. The van der Waals surface area contributed by atoms with Crippen LogP contribution in [0.25, 0.3) is 6.08 Å². The molecule has 0 atom stereocenters. The summed E-state index contributed by atoms with van der Waals surface area (Å²) >= 11 is 0. The Morgan fingerprint density at radius 2 is 1.62 bits per heavy atom. The second kappa shape index (κ2) is 13.4. The van der Waals surface area contributed by atoms with Crippen LogP contribution in [0, 0.1) is 0 Å². The zero-order chi connectivity index (χ0) is 19.2. The minimum absolute atomic E-state index is 0.0253. The van der Waals surface area contributed by atoms with Gasteiger partial charge in [0.25, 0.3) is 0 Å². The minimum Gasteiger partial charge on any atom is -0.460 e. The highest BCUT2D eigenvalue weighted by Gasteiger charge is 2.10. The Labute approximate surface area is 158 Å². The highest BCUT2D eigenvalue weighted by atomic mass is 16.5. The highest BCUT2D eigenvalue weighted by molar-refractivity contribution is 5.93. The Balaban J connectivity index is 2.20. The molecule has 4 heteroatoms. The molecule has 1 rings (SSSR count). The van der Waals surface area contributed by atoms with E-state index in [4.69, 9.17) is 9.15 Å². The van der Waals surface area contributed by atoms with Crippen molar-refractivity contribution in [2.75, 3.05) is 0 Å². The van der Waals surface area contributed by atoms with Crippen molar-refractivity contribution in [2.45, 2.75) is 91.1 Å². The molecular formula is C22H34O4. The first-order chi connectivity index (χ1) is 12.5. The quantitative estimate of drug-likeness (QED) is 0.167. The van der Waals surface area contributed by atoms with E-state index in [1.54, 1.807) is 26.0 Å². The fourth-order valence-corrected chi connectivity index (χ4v) is 2.73. The first kappa shape index (κ1) is 22.2. The SMILES string of the molecule is CCCCCCCCCCCC(=O)c1ccc(C=CC(=O)OC(C)C)o1. The number of ketones is 1. The summed E-state index contributed by atoms with van der Waals surface area (Å²) in [5, 5.41) is 0. The minimum atomic E-state index is -0.418. The van der Waals surface area contributed by atoms with Crippen molar-refractivity contribution >= 4 is 17.8 Å². The molecule has 1 aromatic rings. The third kappa shape index (κ3) is 10.2. The molecule has 4 nitrogen and oxygen atoms in total. The molecule has 26 heavy (non-hydrogen) atoms. The van der Waals surface area contributed by atoms with Gasteiger partial charge in [-0.2, -0.15) is 0 Å². The Hall–Kier alpha value is -1.84. The topological polar surface area (TPSA) is 56.5 Å². The van der Waals surface area contributed by atoms with E-state index in [0.717, 1.165) is 12.8 Å². The summed E-state index contributed by atoms with van der Waals surface area (Å²) in [5.74, 6) is 0.457. The van der Waals surface area contributed by atoms with Crippen LogP contribution >= 0.6 is 0 Å². The monoisotopic (exact) mass is 362 g/mol. The molecule has 1 aromatic heterocycles. The zero-order valence-corrected chi connectivity index (χ0v) is 16.6. The van der Waals surface area contributed by atoms with E-state index in [1.165, 1.54) is 57.1 Å². The largest absolute Gasteiger partial charge is 0.460 e. The van der Waals surface area contributed by atoms with Gasteiger partial charge in [0.15, 0.2) is 11.5 Å². The van der Waals surface area contributed by atoms with Gasteiger partial charge in [-0.25, -0.2) is 4.79 Å². The maximum Gasteiger partial charge on any atom is 0.331 e. The van der Waals surface area contributed by atoms with Crippen molar-refractivity contribution in [1.82, 2.24) is 0 Å². The van der Waals surface area contributed by atoms with Gasteiger partial charge in [0, 0.05) is 12.5 Å². The van der Waals surface area contributed by atoms with Crippen molar-refractivity contribution in [3.63, 3.8) is 0 Å². The van der Waals surface area contributed by atoms with Crippen LogP contribution in [0.15, 0.2) is 22.6 Å². The van der Waals surface area contributed by atoms with Gasteiger partial charge >= 0.3 is 5.97 Å². The lowest BCUT2D eigenvalue weighted by Crippen LogP contribution is -2.08. The average molecular weight is 363 g/mol. The van der Waals surface area contributed by atoms with Crippen LogP contribution < -0.4 is 0 Å². The summed E-state index contributed by atoms with van der Waals surface area (Å²) in [4.78, 5) is 23.6. The number of rotatable bonds is 14. The molecule has 0 radical (unpaired) electrons. The predicted molar refractivity (Wildman–Crippen MR) is 105 cm³/mol. The molecule has 0 aromatic carbocycles. The van der Waals surface area contributed by atoms with Crippen LogP contribution in [0.4, 0.5) is 0 Å². The molecule has 0 saturated carbocycles. The van der Waals surface area contributed by atoms with E-state index in [-0.39, 0.29) is 11.9 Å². The number of esters is 1. The van der Waals surface area contributed by atoms with Gasteiger partial charge in [-0.05, 0) is 38.5 Å². The molecule has 0 saturated heterocycles. The molecule has 0 spiro atoms. The van der Waals surface area contributed by atoms with Crippen LogP contribution in [0.1, 0.15) is 101 Å². The lowest BCUT2D eigenvalue weighted by molar-refractivity contribution is -0.141. The lowest BCUT2D eigenvalue weighted by Gasteiger charge is -2.03. The summed E-state index contributed by atoms with van der Waals surface area (Å²) in [6, 6.07) is 3.37. The first-order valence-electron chi connectivity index (χ1n) is 10.0. The fraction of sp³-hybridized carbons (Fsp3) is 0.636. The van der Waals surface area contributed by atoms with Gasteiger partial charge in [-0.3, -0.25) is 4.79 Å². The zero-order valence-electron chi connectivity index (χ0n) is 16.6. The molecule has 0 bridgehead atoms. The number of hydrogen-bond donors (Lipinski definition) is 0. The third-order valence-corrected chi connectivity index (χ3v) is 4.14. The third-order valence-electron chi connectivity index (χ3n) is 4.14. The van der Waals surface area contributed by atoms with Crippen molar-refractivity contribution in [3.05, 3.63) is 29.7 Å². The highest BCUT2D eigenvalue weighted by Crippen LogP contribution is 2.15. The van der Waals surface area contributed by atoms with Gasteiger partial charge in [-0.15, -0.1) is 0 Å². The number of furan rings is 1. The molecule has 0 unspecified atom stereocenters. The van der Waals surface area contributed by atoms with Crippen LogP contribution in [0.5, 0.6) is 0 Å². The Morgan fingerprint density at radius 1 is 1.00 bits per heavy atom. The molecule has 146 valence electrons. The van der Waals surface area contributed by atoms with E-state index >= 15 is 0 Å². The number of unbranched alkanes of at least 4 members (excludes halogenated alkanes) is 8. The van der Waals surface area contributed by atoms with E-state index < -0.39 is 5.97 Å². The van der Waals surface area contributed by atoms with Crippen LogP contribution in [0.2, 0.25) is 0 Å². The summed E-state index contributed by atoms with van der Waals surface area (Å²) in [6.45, 7) is 5.82. The molecule has 0 aliphatic carbocycles. The summed E-state index contributed by atoms with van der Waals surface area (Å²) < 4.78 is 10.5. The number of ether oxygens (including phenoxy) is 1. The van der Waals surface area contributed by atoms with Crippen molar-refractivity contribution in [2.24, 2.45) is 0 Å². The van der Waals surface area contributed by atoms with Crippen molar-refractivity contribution in [3.8, 4) is 0 Å². The maximum atomic E-state index is 12.1. The van der Waals surface area contributed by atoms with Gasteiger partial charge in [0.05, 0.1) is 6.10 Å². The smallest absolute Gasteiger partial charge is 0.331 e. The second-order valence-electron chi connectivity index (χ2n) is 7.02. The normalized spacial score (nSPS) is 11.4. The lowest BCUT2D eigenvalue weighted by atomic mass is 10.1. The Bertz CT molecular complexity index is 554. The molecule has 0 amide bonds. The number of carbonyl (C=O) groups excluding carboxylic acids is 2. The van der Waals surface area contributed by atoms with Crippen LogP contribution in [0.3, 0.4) is 0 Å². The molecule has 0 fully saturated rings. The predicted octanol–water partition coefficient (Wildman–Crippen LogP) is 6.35. The van der Waals surface area contributed by atoms with Crippen molar-refractivity contribution < 1.29 is 18.7 Å². The molecular weight excluding hydrogens is 328 g/mol. The Kier molecular flexibility index (Phi) is 11.4. The van der Waals surface area contributed by atoms with Crippen molar-refractivity contribution in [1.29, 1.82) is 0 Å². The summed E-state index contributed by atoms with van der Waals surface area (Å²) in [6.07, 6.45) is 14.3.